The molecule has 3 heteroatoms. The molecule has 0 aromatic heterocycles. The summed E-state index contributed by atoms with van der Waals surface area (Å²) >= 11 is 0. The van der Waals surface area contributed by atoms with E-state index in [9.17, 15) is 15.0 Å². The van der Waals surface area contributed by atoms with E-state index in [0.717, 1.165) is 31.6 Å². The smallest absolute Gasteiger partial charge is 0.137 e. The summed E-state index contributed by atoms with van der Waals surface area (Å²) in [5, 5.41) is 21.8. The van der Waals surface area contributed by atoms with E-state index in [4.69, 9.17) is 0 Å². The van der Waals surface area contributed by atoms with E-state index in [2.05, 4.69) is 60.6 Å². The van der Waals surface area contributed by atoms with Crippen molar-refractivity contribution in [2.75, 3.05) is 6.61 Å². The second-order valence-corrected chi connectivity index (χ2v) is 14.1. The van der Waals surface area contributed by atoms with Gasteiger partial charge in [0.25, 0.3) is 0 Å². The fourth-order valence-electron chi connectivity index (χ4n) is 9.71. The largest absolute Gasteiger partial charge is 0.396 e. The van der Waals surface area contributed by atoms with Crippen molar-refractivity contribution in [1.82, 2.24) is 0 Å². The Bertz CT molecular complexity index is 783. The summed E-state index contributed by atoms with van der Waals surface area (Å²) in [5.74, 6) is 2.55. The van der Waals surface area contributed by atoms with Crippen molar-refractivity contribution in [3.05, 3.63) is 12.2 Å². The highest BCUT2D eigenvalue weighted by atomic mass is 16.3. The Balaban J connectivity index is 1.69. The molecule has 0 saturated heterocycles. The van der Waals surface area contributed by atoms with Gasteiger partial charge >= 0.3 is 0 Å². The number of aliphatic hydroxyl groups excluding tert-OH is 2. The van der Waals surface area contributed by atoms with Gasteiger partial charge in [-0.25, -0.2) is 0 Å². The highest BCUT2D eigenvalue weighted by Crippen LogP contribution is 2.72. The second-order valence-electron chi connectivity index (χ2n) is 14.1. The Morgan fingerprint density at radius 2 is 1.73 bits per heavy atom. The minimum atomic E-state index is -0.324. The lowest BCUT2D eigenvalue weighted by atomic mass is 9.39. The zero-order valence-electron chi connectivity index (χ0n) is 22.4. The Kier molecular flexibility index (Phi) is 6.53. The van der Waals surface area contributed by atoms with Crippen molar-refractivity contribution < 1.29 is 15.0 Å². The van der Waals surface area contributed by atoms with Gasteiger partial charge in [-0.3, -0.25) is 4.79 Å². The molecule has 33 heavy (non-hydrogen) atoms. The van der Waals surface area contributed by atoms with E-state index >= 15 is 0 Å². The summed E-state index contributed by atoms with van der Waals surface area (Å²) in [6.45, 7) is 16.2. The molecular formula is C30H50O3. The van der Waals surface area contributed by atoms with Crippen LogP contribution in [0.25, 0.3) is 0 Å². The first-order valence-electron chi connectivity index (χ1n) is 13.8. The molecule has 3 nitrogen and oxygen atoms in total. The number of carbonyl (C=O) groups excluding carboxylic acids is 1. The molecule has 0 unspecified atom stereocenters. The zero-order chi connectivity index (χ0) is 24.4. The molecule has 0 aromatic rings. The third-order valence-corrected chi connectivity index (χ3v) is 11.7. The number of hydrogen-bond donors (Lipinski definition) is 2. The molecule has 3 fully saturated rings. The summed E-state index contributed by atoms with van der Waals surface area (Å²) in [7, 11) is 0. The van der Waals surface area contributed by atoms with E-state index in [1.807, 2.05) is 0 Å². The average Bonchev–Trinajstić information content (AvgIpc) is 3.03. The number of rotatable bonds is 6. The number of ketones is 1. The quantitative estimate of drug-likeness (QED) is 0.451. The van der Waals surface area contributed by atoms with Gasteiger partial charge in [0.2, 0.25) is 0 Å². The third-order valence-electron chi connectivity index (χ3n) is 11.7. The molecule has 0 radical (unpaired) electrons. The minimum absolute atomic E-state index is 0.0329. The van der Waals surface area contributed by atoms with Crippen LogP contribution in [0.2, 0.25) is 0 Å². The lowest BCUT2D eigenvalue weighted by molar-refractivity contribution is -0.181. The van der Waals surface area contributed by atoms with Crippen molar-refractivity contribution in [2.24, 2.45) is 57.2 Å². The highest BCUT2D eigenvalue weighted by Gasteiger charge is 2.70. The molecule has 9 atom stereocenters. The summed E-state index contributed by atoms with van der Waals surface area (Å²) in [6, 6.07) is 0. The highest BCUT2D eigenvalue weighted by molar-refractivity contribution is 5.85. The molecule has 0 aliphatic heterocycles. The van der Waals surface area contributed by atoms with Gasteiger partial charge in [-0.2, -0.15) is 0 Å². The normalized spacial score (nSPS) is 47.2. The average molecular weight is 459 g/mol. The maximum absolute atomic E-state index is 14.1. The van der Waals surface area contributed by atoms with Crippen LogP contribution in [-0.4, -0.2) is 28.7 Å². The van der Waals surface area contributed by atoms with Gasteiger partial charge in [0.1, 0.15) is 5.78 Å². The fraction of sp³-hybridized carbons (Fsp3) is 0.900. The number of fused-ring (bicyclic) bond motifs is 5. The SMILES string of the molecule is CC(C)CCC[C@@H](C)[C@H]1CC[C@@]2(CO)[C@@H]3C=C[C@H]4C(C)(C)[C@@H](O)CC[C@]4(C)[C@H]3C(=O)C[C@]12C. The molecule has 3 saturated carbocycles. The molecule has 2 N–H and O–H groups in total. The van der Waals surface area contributed by atoms with Crippen molar-refractivity contribution in [1.29, 1.82) is 0 Å². The van der Waals surface area contributed by atoms with Crippen LogP contribution >= 0.6 is 0 Å². The van der Waals surface area contributed by atoms with Gasteiger partial charge in [0, 0.05) is 24.4 Å². The zero-order valence-corrected chi connectivity index (χ0v) is 22.4. The molecule has 188 valence electrons. The summed E-state index contributed by atoms with van der Waals surface area (Å²) in [6.07, 6.45) is 12.6. The number of allylic oxidation sites excluding steroid dienone is 2. The lowest BCUT2D eigenvalue weighted by Gasteiger charge is -2.64. The summed E-state index contributed by atoms with van der Waals surface area (Å²) in [4.78, 5) is 14.1. The number of Topliss-reactive ketones (excluding diaryl/α,β-unsaturated/α-hetero) is 1. The number of aliphatic hydroxyl groups is 2. The predicted molar refractivity (Wildman–Crippen MR) is 135 cm³/mol. The molecule has 4 rings (SSSR count). The van der Waals surface area contributed by atoms with Crippen LogP contribution in [0.1, 0.15) is 99.8 Å². The van der Waals surface area contributed by atoms with Crippen LogP contribution in [0.15, 0.2) is 12.2 Å². The molecule has 0 aromatic carbocycles. The third kappa shape index (κ3) is 3.53. The topological polar surface area (TPSA) is 57.5 Å². The molecule has 0 spiro atoms. The van der Waals surface area contributed by atoms with E-state index in [1.54, 1.807) is 0 Å². The van der Waals surface area contributed by atoms with Gasteiger partial charge in [0.15, 0.2) is 0 Å². The van der Waals surface area contributed by atoms with Gasteiger partial charge in [-0.15, -0.1) is 0 Å². The summed E-state index contributed by atoms with van der Waals surface area (Å²) in [5.41, 5.74) is -0.698. The predicted octanol–water partition coefficient (Wildman–Crippen LogP) is 6.42. The molecule has 0 bridgehead atoms. The molecule has 4 aliphatic carbocycles. The van der Waals surface area contributed by atoms with Gasteiger partial charge in [0.05, 0.1) is 6.10 Å². The van der Waals surface area contributed by atoms with Crippen LogP contribution in [-0.2, 0) is 4.79 Å². The van der Waals surface area contributed by atoms with Crippen molar-refractivity contribution in [2.45, 2.75) is 106 Å². The first-order valence-corrected chi connectivity index (χ1v) is 13.8. The minimum Gasteiger partial charge on any atom is -0.396 e. The van der Waals surface area contributed by atoms with Gasteiger partial charge in [-0.1, -0.05) is 79.9 Å². The van der Waals surface area contributed by atoms with Crippen molar-refractivity contribution in [3.8, 4) is 0 Å². The van der Waals surface area contributed by atoms with Crippen LogP contribution < -0.4 is 0 Å². The number of carbonyl (C=O) groups is 1. The Morgan fingerprint density at radius 1 is 1.03 bits per heavy atom. The number of hydrogen-bond acceptors (Lipinski definition) is 3. The fourth-order valence-corrected chi connectivity index (χ4v) is 9.71. The van der Waals surface area contributed by atoms with E-state index in [-0.39, 0.29) is 52.1 Å². The van der Waals surface area contributed by atoms with Crippen LogP contribution in [0, 0.1) is 57.2 Å². The van der Waals surface area contributed by atoms with Crippen LogP contribution in [0.5, 0.6) is 0 Å². The Labute approximate surface area is 202 Å². The van der Waals surface area contributed by atoms with E-state index in [1.165, 1.54) is 19.3 Å². The summed E-state index contributed by atoms with van der Waals surface area (Å²) < 4.78 is 0. The van der Waals surface area contributed by atoms with Crippen molar-refractivity contribution >= 4 is 5.78 Å². The van der Waals surface area contributed by atoms with Crippen LogP contribution in [0.4, 0.5) is 0 Å². The van der Waals surface area contributed by atoms with Gasteiger partial charge < -0.3 is 10.2 Å². The Morgan fingerprint density at radius 3 is 2.36 bits per heavy atom. The molecule has 0 heterocycles. The first-order chi connectivity index (χ1) is 15.3. The van der Waals surface area contributed by atoms with E-state index in [0.29, 0.717) is 24.0 Å². The monoisotopic (exact) mass is 458 g/mol. The lowest BCUT2D eigenvalue weighted by Crippen LogP contribution is -2.64. The van der Waals surface area contributed by atoms with Crippen LogP contribution in [0.3, 0.4) is 0 Å². The standard InChI is InChI=1S/C30H50O3/c1-19(2)9-8-10-20(3)21-13-16-30(18-31)22-11-12-24-27(4,5)25(33)14-15-28(24,6)26(22)23(32)17-29(21,30)7/h11-12,19-22,24-26,31,33H,8-10,13-18H2,1-7H3/t20-,21-,22-,24+,25+,26-,28+,29-,30-/m1/s1. The maximum atomic E-state index is 14.1. The van der Waals surface area contributed by atoms with Crippen molar-refractivity contribution in [3.63, 3.8) is 0 Å². The Hall–Kier alpha value is -0.670. The second kappa shape index (κ2) is 8.47. The maximum Gasteiger partial charge on any atom is 0.137 e. The van der Waals surface area contributed by atoms with E-state index < -0.39 is 0 Å². The first kappa shape index (κ1) is 25.4. The van der Waals surface area contributed by atoms with Gasteiger partial charge in [-0.05, 0) is 71.5 Å². The molecule has 4 aliphatic rings. The molecular weight excluding hydrogens is 408 g/mol. The molecule has 0 amide bonds.